The lowest BCUT2D eigenvalue weighted by molar-refractivity contribution is -0.385. The molecule has 0 unspecified atom stereocenters. The Kier molecular flexibility index (Phi) is 5.71. The summed E-state index contributed by atoms with van der Waals surface area (Å²) in [6.07, 6.45) is 1.65. The molecule has 0 saturated heterocycles. The summed E-state index contributed by atoms with van der Waals surface area (Å²) in [5.74, 6) is -0.223. The number of nitrogens with zero attached hydrogens (tertiary/aromatic N) is 1. The lowest BCUT2D eigenvalue weighted by atomic mass is 10.1. The van der Waals surface area contributed by atoms with E-state index in [1.54, 1.807) is 6.92 Å². The summed E-state index contributed by atoms with van der Waals surface area (Å²) < 4.78 is 0. The number of halogens is 1. The van der Waals surface area contributed by atoms with Crippen LogP contribution < -0.4 is 5.32 Å². The number of carbonyl (C=O) groups excluding carboxylic acids is 1. The zero-order valence-corrected chi connectivity index (χ0v) is 13.5. The number of nitro groups is 1. The lowest BCUT2D eigenvalue weighted by Crippen LogP contribution is -2.24. The maximum absolute atomic E-state index is 12.0. The molecule has 120 valence electrons. The van der Waals surface area contributed by atoms with Crippen molar-refractivity contribution in [3.05, 3.63) is 74.3 Å². The SMILES string of the molecule is Cc1cc(C(=O)NCCCc2ccc(Cl)cc2)ccc1[N+](=O)[O-]. The van der Waals surface area contributed by atoms with Crippen molar-refractivity contribution in [1.29, 1.82) is 0 Å². The monoisotopic (exact) mass is 332 g/mol. The number of carbonyl (C=O) groups is 1. The summed E-state index contributed by atoms with van der Waals surface area (Å²) in [7, 11) is 0. The van der Waals surface area contributed by atoms with Gasteiger partial charge in [-0.1, -0.05) is 23.7 Å². The standard InChI is InChI=1S/C17H17ClN2O3/c1-12-11-14(6-9-16(12)20(22)23)17(21)19-10-2-3-13-4-7-15(18)8-5-13/h4-9,11H,2-3,10H2,1H3,(H,19,21). The second-order valence-electron chi connectivity index (χ2n) is 5.24. The summed E-state index contributed by atoms with van der Waals surface area (Å²) in [5.41, 5.74) is 2.09. The highest BCUT2D eigenvalue weighted by molar-refractivity contribution is 6.30. The number of benzene rings is 2. The number of nitrogens with one attached hydrogen (secondary N) is 1. The number of amides is 1. The molecule has 5 nitrogen and oxygen atoms in total. The van der Waals surface area contributed by atoms with E-state index < -0.39 is 4.92 Å². The maximum atomic E-state index is 12.0. The molecule has 0 aliphatic rings. The van der Waals surface area contributed by atoms with Crippen molar-refractivity contribution in [2.45, 2.75) is 19.8 Å². The molecule has 23 heavy (non-hydrogen) atoms. The average molecular weight is 333 g/mol. The van der Waals surface area contributed by atoms with Crippen molar-refractivity contribution in [3.63, 3.8) is 0 Å². The van der Waals surface area contributed by atoms with Crippen LogP contribution in [0.4, 0.5) is 5.69 Å². The van der Waals surface area contributed by atoms with Crippen molar-refractivity contribution in [3.8, 4) is 0 Å². The Morgan fingerprint density at radius 2 is 1.91 bits per heavy atom. The molecule has 0 bridgehead atoms. The van der Waals surface area contributed by atoms with Crippen LogP contribution in [0.1, 0.15) is 27.9 Å². The molecule has 1 N–H and O–H groups in total. The number of hydrogen-bond donors (Lipinski definition) is 1. The molecule has 0 spiro atoms. The van der Waals surface area contributed by atoms with E-state index in [1.165, 1.54) is 18.2 Å². The summed E-state index contributed by atoms with van der Waals surface area (Å²) in [6.45, 7) is 2.16. The Bertz CT molecular complexity index is 714. The van der Waals surface area contributed by atoms with Crippen LogP contribution in [-0.2, 0) is 6.42 Å². The van der Waals surface area contributed by atoms with Crippen LogP contribution in [0, 0.1) is 17.0 Å². The van der Waals surface area contributed by atoms with Crippen molar-refractivity contribution < 1.29 is 9.72 Å². The van der Waals surface area contributed by atoms with Crippen LogP contribution in [-0.4, -0.2) is 17.4 Å². The molecule has 0 heterocycles. The quantitative estimate of drug-likeness (QED) is 0.495. The molecule has 2 aromatic carbocycles. The average Bonchev–Trinajstić information content (AvgIpc) is 2.52. The molecule has 0 aliphatic heterocycles. The van der Waals surface area contributed by atoms with Gasteiger partial charge in [-0.25, -0.2) is 0 Å². The first-order chi connectivity index (χ1) is 11.0. The molecule has 2 rings (SSSR count). The molecule has 2 aromatic rings. The minimum Gasteiger partial charge on any atom is -0.352 e. The predicted octanol–water partition coefficient (Wildman–Crippen LogP) is 3.92. The fraction of sp³-hybridized carbons (Fsp3) is 0.235. The summed E-state index contributed by atoms with van der Waals surface area (Å²) in [4.78, 5) is 22.3. The van der Waals surface area contributed by atoms with Gasteiger partial charge in [0.25, 0.3) is 11.6 Å². The molecule has 0 fully saturated rings. The van der Waals surface area contributed by atoms with Crippen molar-refractivity contribution >= 4 is 23.2 Å². The Morgan fingerprint density at radius 1 is 1.22 bits per heavy atom. The third-order valence-corrected chi connectivity index (χ3v) is 3.75. The highest BCUT2D eigenvalue weighted by Gasteiger charge is 2.13. The second kappa shape index (κ2) is 7.74. The van der Waals surface area contributed by atoms with E-state index in [0.717, 1.165) is 18.4 Å². The largest absolute Gasteiger partial charge is 0.352 e. The van der Waals surface area contributed by atoms with Crippen LogP contribution in [0.5, 0.6) is 0 Å². The van der Waals surface area contributed by atoms with Gasteiger partial charge in [-0.05, 0) is 49.6 Å². The number of nitro benzene ring substituents is 1. The predicted molar refractivity (Wildman–Crippen MR) is 89.9 cm³/mol. The molecule has 1 amide bonds. The van der Waals surface area contributed by atoms with Gasteiger partial charge in [-0.3, -0.25) is 14.9 Å². The van der Waals surface area contributed by atoms with Crippen LogP contribution in [0.3, 0.4) is 0 Å². The fourth-order valence-corrected chi connectivity index (χ4v) is 2.38. The van der Waals surface area contributed by atoms with E-state index in [4.69, 9.17) is 11.6 Å². The Labute approximate surface area is 139 Å². The lowest BCUT2D eigenvalue weighted by Gasteiger charge is -2.06. The maximum Gasteiger partial charge on any atom is 0.272 e. The van der Waals surface area contributed by atoms with Gasteiger partial charge in [0, 0.05) is 28.8 Å². The van der Waals surface area contributed by atoms with E-state index in [2.05, 4.69) is 5.32 Å². The van der Waals surface area contributed by atoms with Crippen LogP contribution >= 0.6 is 11.6 Å². The van der Waals surface area contributed by atoms with E-state index >= 15 is 0 Å². The first kappa shape index (κ1) is 17.0. The van der Waals surface area contributed by atoms with E-state index in [0.29, 0.717) is 22.7 Å². The third-order valence-electron chi connectivity index (χ3n) is 3.50. The van der Waals surface area contributed by atoms with E-state index in [9.17, 15) is 14.9 Å². The Morgan fingerprint density at radius 3 is 2.52 bits per heavy atom. The van der Waals surface area contributed by atoms with E-state index in [-0.39, 0.29) is 11.6 Å². The smallest absolute Gasteiger partial charge is 0.272 e. The molecule has 0 aromatic heterocycles. The third kappa shape index (κ3) is 4.79. The van der Waals surface area contributed by atoms with Crippen LogP contribution in [0.15, 0.2) is 42.5 Å². The molecule has 0 atom stereocenters. The van der Waals surface area contributed by atoms with Crippen LogP contribution in [0.25, 0.3) is 0 Å². The second-order valence-corrected chi connectivity index (χ2v) is 5.68. The number of hydrogen-bond acceptors (Lipinski definition) is 3. The van der Waals surface area contributed by atoms with Gasteiger partial charge in [-0.2, -0.15) is 0 Å². The van der Waals surface area contributed by atoms with Gasteiger partial charge in [0.1, 0.15) is 0 Å². The van der Waals surface area contributed by atoms with Crippen molar-refractivity contribution in [1.82, 2.24) is 5.32 Å². The molecular formula is C17H17ClN2O3. The van der Waals surface area contributed by atoms with Gasteiger partial charge in [0.15, 0.2) is 0 Å². The first-order valence-corrected chi connectivity index (χ1v) is 7.63. The van der Waals surface area contributed by atoms with Gasteiger partial charge in [0.05, 0.1) is 4.92 Å². The van der Waals surface area contributed by atoms with Gasteiger partial charge < -0.3 is 5.32 Å². The molecule has 6 heteroatoms. The molecule has 0 aliphatic carbocycles. The Balaban J connectivity index is 1.84. The summed E-state index contributed by atoms with van der Waals surface area (Å²) in [5, 5.41) is 14.3. The first-order valence-electron chi connectivity index (χ1n) is 7.25. The zero-order chi connectivity index (χ0) is 16.8. The topological polar surface area (TPSA) is 72.2 Å². The summed E-state index contributed by atoms with van der Waals surface area (Å²) >= 11 is 5.83. The molecule has 0 radical (unpaired) electrons. The highest BCUT2D eigenvalue weighted by atomic mass is 35.5. The number of rotatable bonds is 6. The Hall–Kier alpha value is -2.40. The minimum absolute atomic E-state index is 0.0179. The normalized spacial score (nSPS) is 10.3. The van der Waals surface area contributed by atoms with Crippen molar-refractivity contribution in [2.75, 3.05) is 6.54 Å². The minimum atomic E-state index is -0.455. The molecular weight excluding hydrogens is 316 g/mol. The fourth-order valence-electron chi connectivity index (χ4n) is 2.25. The van der Waals surface area contributed by atoms with Gasteiger partial charge in [-0.15, -0.1) is 0 Å². The highest BCUT2D eigenvalue weighted by Crippen LogP contribution is 2.18. The van der Waals surface area contributed by atoms with Gasteiger partial charge in [0.2, 0.25) is 0 Å². The summed E-state index contributed by atoms with van der Waals surface area (Å²) in [6, 6.07) is 12.0. The van der Waals surface area contributed by atoms with Crippen molar-refractivity contribution in [2.24, 2.45) is 0 Å². The van der Waals surface area contributed by atoms with E-state index in [1.807, 2.05) is 24.3 Å². The zero-order valence-electron chi connectivity index (χ0n) is 12.7. The van der Waals surface area contributed by atoms with Crippen LogP contribution in [0.2, 0.25) is 5.02 Å². The molecule has 0 saturated carbocycles. The van der Waals surface area contributed by atoms with Gasteiger partial charge >= 0.3 is 0 Å². The number of aryl methyl sites for hydroxylation is 2.